The molecule has 2 rings (SSSR count). The fourth-order valence-electron chi connectivity index (χ4n) is 2.15. The predicted octanol–water partition coefficient (Wildman–Crippen LogP) is 1.69. The van der Waals surface area contributed by atoms with Crippen LogP contribution in [0.4, 0.5) is 4.39 Å². The van der Waals surface area contributed by atoms with Gasteiger partial charge < -0.3 is 19.9 Å². The normalized spacial score (nSPS) is 13.2. The zero-order chi connectivity index (χ0) is 14.5. The van der Waals surface area contributed by atoms with Crippen LogP contribution < -0.4 is 5.32 Å². The van der Waals surface area contributed by atoms with Crippen molar-refractivity contribution in [3.63, 3.8) is 0 Å². The van der Waals surface area contributed by atoms with Crippen LogP contribution in [-0.2, 0) is 6.42 Å². The van der Waals surface area contributed by atoms with Crippen molar-refractivity contribution in [2.45, 2.75) is 19.4 Å². The largest absolute Gasteiger partial charge is 0.461 e. The van der Waals surface area contributed by atoms with E-state index in [1.54, 1.807) is 6.07 Å². The molecule has 0 saturated carbocycles. The second-order valence-electron chi connectivity index (χ2n) is 5.16. The maximum absolute atomic E-state index is 13.3. The molecule has 0 saturated heterocycles. The number of hydrogen-bond acceptors (Lipinski definition) is 4. The Balaban J connectivity index is 1.93. The number of aliphatic hydroxyl groups is 2. The van der Waals surface area contributed by atoms with E-state index in [0.29, 0.717) is 17.5 Å². The van der Waals surface area contributed by atoms with Gasteiger partial charge >= 0.3 is 0 Å². The molecule has 1 unspecified atom stereocenters. The summed E-state index contributed by atoms with van der Waals surface area (Å²) in [4.78, 5) is 0. The van der Waals surface area contributed by atoms with E-state index in [1.165, 1.54) is 0 Å². The van der Waals surface area contributed by atoms with Crippen LogP contribution in [0.5, 0.6) is 0 Å². The van der Waals surface area contributed by atoms with Crippen LogP contribution in [0.15, 0.2) is 28.9 Å². The first-order valence-electron chi connectivity index (χ1n) is 6.74. The molecule has 5 heteroatoms. The Bertz CT molecular complexity index is 551. The lowest BCUT2D eigenvalue weighted by Gasteiger charge is -2.17. The van der Waals surface area contributed by atoms with Crippen molar-refractivity contribution >= 4 is 11.0 Å². The van der Waals surface area contributed by atoms with Crippen molar-refractivity contribution < 1.29 is 19.0 Å². The summed E-state index contributed by atoms with van der Waals surface area (Å²) in [7, 11) is 0. The van der Waals surface area contributed by atoms with Crippen LogP contribution in [0.2, 0.25) is 0 Å². The van der Waals surface area contributed by atoms with Gasteiger partial charge in [-0.3, -0.25) is 0 Å². The number of nitrogens with one attached hydrogen (secondary N) is 1. The molecule has 0 radical (unpaired) electrons. The molecule has 1 heterocycles. The van der Waals surface area contributed by atoms with Gasteiger partial charge in [-0.2, -0.15) is 0 Å². The molecular weight excluding hydrogens is 261 g/mol. The number of furan rings is 1. The topological polar surface area (TPSA) is 65.6 Å². The third kappa shape index (κ3) is 3.56. The summed E-state index contributed by atoms with van der Waals surface area (Å²) in [5.74, 6) is -0.481. The van der Waals surface area contributed by atoms with E-state index in [-0.39, 0.29) is 31.0 Å². The lowest BCUT2D eigenvalue weighted by atomic mass is 10.0. The SMILES string of the molecule is CC(Cc1ccc2c(F)coc2c1)NCC(CO)CO. The van der Waals surface area contributed by atoms with Crippen LogP contribution in [-0.4, -0.2) is 36.0 Å². The quantitative estimate of drug-likeness (QED) is 0.722. The first-order chi connectivity index (χ1) is 9.63. The molecule has 0 bridgehead atoms. The van der Waals surface area contributed by atoms with E-state index < -0.39 is 0 Å². The van der Waals surface area contributed by atoms with E-state index in [0.717, 1.165) is 18.2 Å². The minimum Gasteiger partial charge on any atom is -0.461 e. The molecule has 0 aliphatic heterocycles. The highest BCUT2D eigenvalue weighted by Crippen LogP contribution is 2.21. The fraction of sp³-hybridized carbons (Fsp3) is 0.467. The summed E-state index contributed by atoms with van der Waals surface area (Å²) in [6, 6.07) is 5.63. The van der Waals surface area contributed by atoms with Gasteiger partial charge in [-0.15, -0.1) is 0 Å². The lowest BCUT2D eigenvalue weighted by molar-refractivity contribution is 0.146. The standard InChI is InChI=1S/C15H20FNO3/c1-10(17-6-12(7-18)8-19)4-11-2-3-13-14(16)9-20-15(13)5-11/h2-3,5,9-10,12,17-19H,4,6-8H2,1H3. The molecule has 3 N–H and O–H groups in total. The maximum atomic E-state index is 13.3. The van der Waals surface area contributed by atoms with Crippen LogP contribution >= 0.6 is 0 Å². The second-order valence-corrected chi connectivity index (χ2v) is 5.16. The summed E-state index contributed by atoms with van der Waals surface area (Å²) in [5.41, 5.74) is 1.60. The molecule has 1 atom stereocenters. The average Bonchev–Trinajstić information content (AvgIpc) is 2.81. The summed E-state index contributed by atoms with van der Waals surface area (Å²) >= 11 is 0. The van der Waals surface area contributed by atoms with Crippen molar-refractivity contribution in [2.24, 2.45) is 5.92 Å². The molecule has 1 aromatic carbocycles. The van der Waals surface area contributed by atoms with Crippen molar-refractivity contribution in [2.75, 3.05) is 19.8 Å². The molecule has 20 heavy (non-hydrogen) atoms. The van der Waals surface area contributed by atoms with Gasteiger partial charge in [-0.05, 0) is 31.0 Å². The van der Waals surface area contributed by atoms with Crippen LogP contribution in [0, 0.1) is 11.7 Å². The highest BCUT2D eigenvalue weighted by atomic mass is 19.1. The van der Waals surface area contributed by atoms with Gasteiger partial charge in [0.05, 0.1) is 5.39 Å². The first-order valence-corrected chi connectivity index (χ1v) is 6.74. The van der Waals surface area contributed by atoms with Crippen molar-refractivity contribution in [1.82, 2.24) is 5.32 Å². The number of aliphatic hydroxyl groups excluding tert-OH is 2. The Morgan fingerprint density at radius 3 is 2.75 bits per heavy atom. The Morgan fingerprint density at radius 1 is 1.30 bits per heavy atom. The molecule has 0 amide bonds. The first kappa shape index (κ1) is 15.0. The fourth-order valence-corrected chi connectivity index (χ4v) is 2.15. The number of hydrogen-bond donors (Lipinski definition) is 3. The lowest BCUT2D eigenvalue weighted by Crippen LogP contribution is -2.35. The van der Waals surface area contributed by atoms with Crippen LogP contribution in [0.1, 0.15) is 12.5 Å². The summed E-state index contributed by atoms with van der Waals surface area (Å²) in [5, 5.41) is 21.8. The summed E-state index contributed by atoms with van der Waals surface area (Å²) < 4.78 is 18.4. The smallest absolute Gasteiger partial charge is 0.169 e. The van der Waals surface area contributed by atoms with Crippen molar-refractivity contribution in [3.05, 3.63) is 35.8 Å². The van der Waals surface area contributed by atoms with E-state index in [9.17, 15) is 4.39 Å². The number of fused-ring (bicyclic) bond motifs is 1. The zero-order valence-electron chi connectivity index (χ0n) is 11.5. The van der Waals surface area contributed by atoms with Crippen molar-refractivity contribution in [1.29, 1.82) is 0 Å². The number of benzene rings is 1. The van der Waals surface area contributed by atoms with Gasteiger partial charge in [0.25, 0.3) is 0 Å². The Labute approximate surface area is 117 Å². The highest BCUT2D eigenvalue weighted by Gasteiger charge is 2.10. The van der Waals surface area contributed by atoms with Gasteiger partial charge in [-0.1, -0.05) is 6.07 Å². The highest BCUT2D eigenvalue weighted by molar-refractivity contribution is 5.78. The Kier molecular flexibility index (Phi) is 5.11. The number of halogens is 1. The van der Waals surface area contributed by atoms with E-state index in [1.807, 2.05) is 19.1 Å². The van der Waals surface area contributed by atoms with Crippen molar-refractivity contribution in [3.8, 4) is 0 Å². The van der Waals surface area contributed by atoms with E-state index in [2.05, 4.69) is 5.32 Å². The molecule has 0 aliphatic rings. The molecule has 110 valence electrons. The van der Waals surface area contributed by atoms with Crippen LogP contribution in [0.25, 0.3) is 11.0 Å². The number of rotatable bonds is 7. The molecule has 4 nitrogen and oxygen atoms in total. The van der Waals surface area contributed by atoms with Crippen LogP contribution in [0.3, 0.4) is 0 Å². The maximum Gasteiger partial charge on any atom is 0.169 e. The van der Waals surface area contributed by atoms with E-state index in [4.69, 9.17) is 14.6 Å². The third-order valence-corrected chi connectivity index (χ3v) is 3.41. The molecular formula is C15H20FNO3. The van der Waals surface area contributed by atoms with Gasteiger partial charge in [0.1, 0.15) is 11.8 Å². The predicted molar refractivity (Wildman–Crippen MR) is 75.0 cm³/mol. The Hall–Kier alpha value is -1.43. The van der Waals surface area contributed by atoms with Gasteiger partial charge in [-0.25, -0.2) is 4.39 Å². The second kappa shape index (κ2) is 6.83. The minimum absolute atomic E-state index is 0.0339. The zero-order valence-corrected chi connectivity index (χ0v) is 11.5. The van der Waals surface area contributed by atoms with Gasteiger partial charge in [0, 0.05) is 31.7 Å². The molecule has 0 spiro atoms. The molecule has 0 fully saturated rings. The minimum atomic E-state index is -0.341. The Morgan fingerprint density at radius 2 is 2.05 bits per heavy atom. The average molecular weight is 281 g/mol. The van der Waals surface area contributed by atoms with E-state index >= 15 is 0 Å². The third-order valence-electron chi connectivity index (χ3n) is 3.41. The monoisotopic (exact) mass is 281 g/mol. The summed E-state index contributed by atoms with van der Waals surface area (Å²) in [6.45, 7) is 2.52. The van der Waals surface area contributed by atoms with Gasteiger partial charge in [0.2, 0.25) is 0 Å². The summed E-state index contributed by atoms with van der Waals surface area (Å²) in [6.07, 6.45) is 1.88. The van der Waals surface area contributed by atoms with Gasteiger partial charge in [0.15, 0.2) is 5.82 Å². The molecule has 0 aliphatic carbocycles. The molecule has 1 aromatic heterocycles. The molecule has 2 aromatic rings.